The van der Waals surface area contributed by atoms with Crippen molar-refractivity contribution < 1.29 is 43.8 Å². The van der Waals surface area contributed by atoms with E-state index in [0.29, 0.717) is 17.7 Å². The van der Waals surface area contributed by atoms with E-state index in [9.17, 15) is 9.59 Å². The fraction of sp³-hybridized carbons (Fsp3) is 0.375. The van der Waals surface area contributed by atoms with Gasteiger partial charge in [-0.05, 0) is 46.6 Å². The minimum atomic E-state index is -0.990. The molecule has 42 heavy (non-hydrogen) atoms. The molecule has 10 heteroatoms. The number of aromatic nitrogens is 4. The SMILES string of the molecule is CC(C)(C)c1ccccc1.CCOC(=O)c1cc(-c2ccc(C(C)(C)C)cc2)n(C)n1.Cn1ccc(C(=O)O)n1.[Li+].[OH-]. The van der Waals surface area contributed by atoms with Gasteiger partial charge >= 0.3 is 30.8 Å². The number of benzene rings is 2. The first-order chi connectivity index (χ1) is 18.6. The number of nitrogens with zero attached hydrogens (tertiary/aromatic N) is 4. The Bertz CT molecular complexity index is 1380. The minimum absolute atomic E-state index is 0. The number of carbonyl (C=O) groups is 2. The van der Waals surface area contributed by atoms with Crippen LogP contribution >= 0.6 is 0 Å². The summed E-state index contributed by atoms with van der Waals surface area (Å²) in [5.41, 5.74) is 5.45. The van der Waals surface area contributed by atoms with Crippen LogP contribution in [-0.4, -0.2) is 48.7 Å². The topological polar surface area (TPSA) is 129 Å². The van der Waals surface area contributed by atoms with E-state index in [0.717, 1.165) is 11.3 Å². The summed E-state index contributed by atoms with van der Waals surface area (Å²) in [6.45, 7) is 15.4. The van der Waals surface area contributed by atoms with Crippen molar-refractivity contribution in [3.8, 4) is 11.3 Å². The average molecular weight is 571 g/mol. The molecule has 0 saturated carbocycles. The quantitative estimate of drug-likeness (QED) is 0.294. The monoisotopic (exact) mass is 570 g/mol. The Morgan fingerprint density at radius 3 is 1.71 bits per heavy atom. The molecule has 0 spiro atoms. The van der Waals surface area contributed by atoms with Gasteiger partial charge in [-0.15, -0.1) is 0 Å². The first-order valence-electron chi connectivity index (χ1n) is 13.2. The number of aromatic carboxylic acids is 1. The molecule has 2 aromatic heterocycles. The predicted octanol–water partition coefficient (Wildman–Crippen LogP) is 3.49. The van der Waals surface area contributed by atoms with E-state index >= 15 is 0 Å². The summed E-state index contributed by atoms with van der Waals surface area (Å²) in [7, 11) is 3.50. The maximum absolute atomic E-state index is 11.7. The summed E-state index contributed by atoms with van der Waals surface area (Å²) in [6, 6.07) is 22.1. The van der Waals surface area contributed by atoms with Gasteiger partial charge in [0.2, 0.25) is 0 Å². The summed E-state index contributed by atoms with van der Waals surface area (Å²) in [5, 5.41) is 16.2. The second kappa shape index (κ2) is 16.7. The van der Waals surface area contributed by atoms with Gasteiger partial charge in [0.1, 0.15) is 0 Å². The zero-order valence-corrected chi connectivity index (χ0v) is 26.5. The fourth-order valence-electron chi connectivity index (χ4n) is 3.65. The predicted molar refractivity (Wildman–Crippen MR) is 161 cm³/mol. The van der Waals surface area contributed by atoms with Crippen molar-refractivity contribution in [3.05, 3.63) is 95.4 Å². The van der Waals surface area contributed by atoms with Gasteiger partial charge in [-0.1, -0.05) is 96.1 Å². The van der Waals surface area contributed by atoms with Gasteiger partial charge in [0.15, 0.2) is 11.4 Å². The Labute approximate surface area is 261 Å². The van der Waals surface area contributed by atoms with Crippen LogP contribution in [0.5, 0.6) is 0 Å². The molecule has 0 radical (unpaired) electrons. The molecule has 4 rings (SSSR count). The van der Waals surface area contributed by atoms with Gasteiger partial charge in [0.25, 0.3) is 0 Å². The fourth-order valence-corrected chi connectivity index (χ4v) is 3.65. The van der Waals surface area contributed by atoms with Gasteiger partial charge in [-0.2, -0.15) is 10.2 Å². The van der Waals surface area contributed by atoms with Crippen molar-refractivity contribution in [1.29, 1.82) is 0 Å². The van der Waals surface area contributed by atoms with E-state index < -0.39 is 5.97 Å². The van der Waals surface area contributed by atoms with Crippen molar-refractivity contribution in [2.24, 2.45) is 14.1 Å². The first-order valence-corrected chi connectivity index (χ1v) is 13.2. The molecule has 222 valence electrons. The zero-order chi connectivity index (χ0) is 30.1. The molecule has 2 N–H and O–H groups in total. The number of carboxylic acid groups (broad SMARTS) is 1. The normalized spacial score (nSPS) is 10.5. The number of aryl methyl sites for hydroxylation is 2. The Kier molecular flexibility index (Phi) is 15.3. The molecule has 0 aliphatic carbocycles. The first kappa shape index (κ1) is 38.4. The maximum atomic E-state index is 11.7. The number of hydrogen-bond donors (Lipinski definition) is 1. The average Bonchev–Trinajstić information content (AvgIpc) is 3.50. The molecule has 0 amide bonds. The number of carbonyl (C=O) groups excluding carboxylic acids is 1. The van der Waals surface area contributed by atoms with E-state index in [1.807, 2.05) is 7.05 Å². The molecule has 0 aliphatic rings. The summed E-state index contributed by atoms with van der Waals surface area (Å²) in [6.07, 6.45) is 1.59. The van der Waals surface area contributed by atoms with Crippen LogP contribution in [0.3, 0.4) is 0 Å². The zero-order valence-electron chi connectivity index (χ0n) is 26.5. The van der Waals surface area contributed by atoms with Crippen LogP contribution in [0.2, 0.25) is 0 Å². The Balaban J connectivity index is 0.000000669. The standard InChI is InChI=1S/C17H22N2O2.C10H14.C5H6N2O2.Li.H2O/c1-6-21-16(20)14-11-15(19(5)18-14)12-7-9-13(10-8-12)17(2,3)4;1-10(2,3)9-7-5-4-6-8-9;1-7-3-2-4(6-7)5(8)9;;/h7-11H,6H2,1-5H3;4-8H,1-3H3;2-3H,1H3,(H,8,9);;1H2/q;;;+1;/p-1. The van der Waals surface area contributed by atoms with E-state index in [1.165, 1.54) is 21.9 Å². The molecular weight excluding hydrogens is 527 g/mol. The molecule has 0 fully saturated rings. The van der Waals surface area contributed by atoms with Crippen LogP contribution in [0.4, 0.5) is 0 Å². The van der Waals surface area contributed by atoms with Gasteiger partial charge in [-0.3, -0.25) is 9.36 Å². The van der Waals surface area contributed by atoms with E-state index in [4.69, 9.17) is 9.84 Å². The van der Waals surface area contributed by atoms with Crippen LogP contribution in [0.25, 0.3) is 11.3 Å². The molecule has 0 bridgehead atoms. The molecule has 2 aromatic carbocycles. The third-order valence-corrected chi connectivity index (χ3v) is 5.98. The molecule has 0 atom stereocenters. The molecule has 2 heterocycles. The second-order valence-electron chi connectivity index (χ2n) is 11.4. The van der Waals surface area contributed by atoms with Crippen LogP contribution in [-0.2, 0) is 29.7 Å². The summed E-state index contributed by atoms with van der Waals surface area (Å²) < 4.78 is 8.14. The Hall–Kier alpha value is -3.64. The molecule has 0 unspecified atom stereocenters. The number of hydrogen-bond acceptors (Lipinski definition) is 6. The second-order valence-corrected chi connectivity index (χ2v) is 11.4. The molecule has 0 saturated heterocycles. The summed E-state index contributed by atoms with van der Waals surface area (Å²) >= 11 is 0. The van der Waals surface area contributed by atoms with Gasteiger partial charge < -0.3 is 15.3 Å². The van der Waals surface area contributed by atoms with E-state index in [1.54, 1.807) is 30.9 Å². The number of rotatable bonds is 4. The molecular formula is C32H43LiN4O5. The van der Waals surface area contributed by atoms with Crippen molar-refractivity contribution in [2.75, 3.05) is 6.61 Å². The summed E-state index contributed by atoms with van der Waals surface area (Å²) in [4.78, 5) is 21.9. The van der Waals surface area contributed by atoms with E-state index in [2.05, 4.69) is 106 Å². The molecule has 4 aromatic rings. The van der Waals surface area contributed by atoms with Crippen LogP contribution in [0.1, 0.15) is 80.6 Å². The van der Waals surface area contributed by atoms with Crippen molar-refractivity contribution >= 4 is 11.9 Å². The Morgan fingerprint density at radius 2 is 1.33 bits per heavy atom. The minimum Gasteiger partial charge on any atom is -0.870 e. The Morgan fingerprint density at radius 1 is 0.810 bits per heavy atom. The smallest absolute Gasteiger partial charge is 0.870 e. The summed E-state index contributed by atoms with van der Waals surface area (Å²) in [5.74, 6) is -1.37. The number of ether oxygens (including phenoxy) is 1. The largest absolute Gasteiger partial charge is 1.00 e. The molecule has 0 aliphatic heterocycles. The maximum Gasteiger partial charge on any atom is 1.00 e. The van der Waals surface area contributed by atoms with Crippen LogP contribution < -0.4 is 18.9 Å². The van der Waals surface area contributed by atoms with Gasteiger partial charge in [-0.25, -0.2) is 9.59 Å². The van der Waals surface area contributed by atoms with Crippen LogP contribution in [0, 0.1) is 0 Å². The van der Waals surface area contributed by atoms with Gasteiger partial charge in [0.05, 0.1) is 12.3 Å². The van der Waals surface area contributed by atoms with E-state index in [-0.39, 0.29) is 41.4 Å². The van der Waals surface area contributed by atoms with Gasteiger partial charge in [0, 0.05) is 20.3 Å². The van der Waals surface area contributed by atoms with Crippen molar-refractivity contribution in [2.45, 2.75) is 59.3 Å². The third-order valence-electron chi connectivity index (χ3n) is 5.98. The number of esters is 1. The van der Waals surface area contributed by atoms with Crippen molar-refractivity contribution in [3.63, 3.8) is 0 Å². The molecule has 9 nitrogen and oxygen atoms in total. The third kappa shape index (κ3) is 11.7. The van der Waals surface area contributed by atoms with Crippen molar-refractivity contribution in [1.82, 2.24) is 19.6 Å². The number of carboxylic acids is 1. The van der Waals surface area contributed by atoms with Crippen LogP contribution in [0.15, 0.2) is 72.9 Å².